The monoisotopic (exact) mass is 361 g/mol. The minimum absolute atomic E-state index is 0.0107. The molecular weight excluding hydrogens is 338 g/mol. The fraction of sp³-hybridized carbons (Fsp3) is 0.333. The second-order valence-electron chi connectivity index (χ2n) is 5.90. The van der Waals surface area contributed by atoms with E-state index in [1.54, 1.807) is 23.5 Å². The van der Waals surface area contributed by atoms with Gasteiger partial charge in [-0.1, -0.05) is 6.07 Å². The number of amides is 2. The van der Waals surface area contributed by atoms with Crippen LogP contribution < -0.4 is 15.4 Å². The van der Waals surface area contributed by atoms with Gasteiger partial charge in [-0.05, 0) is 61.1 Å². The quantitative estimate of drug-likeness (QED) is 0.775. The number of hydrogen-bond acceptors (Lipinski definition) is 5. The third-order valence-electron chi connectivity index (χ3n) is 3.82. The second-order valence-corrected chi connectivity index (χ2v) is 6.68. The third kappa shape index (κ3) is 5.04. The van der Waals surface area contributed by atoms with Gasteiger partial charge < -0.3 is 20.3 Å². The van der Waals surface area contributed by atoms with Crippen molar-refractivity contribution < 1.29 is 14.3 Å². The first-order valence-corrected chi connectivity index (χ1v) is 8.79. The molecule has 0 aliphatic carbocycles. The number of thiophene rings is 1. The predicted molar refractivity (Wildman–Crippen MR) is 100 cm³/mol. The summed E-state index contributed by atoms with van der Waals surface area (Å²) in [5.74, 6) is -0.881. The number of nitrogens with one attached hydrogen (secondary N) is 2. The van der Waals surface area contributed by atoms with Crippen LogP contribution in [0.5, 0.6) is 5.75 Å². The number of methoxy groups -OCH3 is 1. The molecule has 0 aliphatic rings. The van der Waals surface area contributed by atoms with E-state index < -0.39 is 11.8 Å². The highest BCUT2D eigenvalue weighted by molar-refractivity contribution is 7.07. The van der Waals surface area contributed by atoms with Crippen molar-refractivity contribution in [2.75, 3.05) is 33.1 Å². The highest BCUT2D eigenvalue weighted by Crippen LogP contribution is 2.25. The van der Waals surface area contributed by atoms with E-state index in [9.17, 15) is 9.59 Å². The van der Waals surface area contributed by atoms with Crippen LogP contribution >= 0.6 is 11.3 Å². The second kappa shape index (κ2) is 8.64. The first-order chi connectivity index (χ1) is 11.9. The lowest BCUT2D eigenvalue weighted by Gasteiger charge is -2.23. The first-order valence-electron chi connectivity index (χ1n) is 7.84. The normalized spacial score (nSPS) is 11.9. The van der Waals surface area contributed by atoms with Crippen molar-refractivity contribution in [3.63, 3.8) is 0 Å². The van der Waals surface area contributed by atoms with Crippen LogP contribution in [0.15, 0.2) is 35.0 Å². The van der Waals surface area contributed by atoms with Gasteiger partial charge in [0, 0.05) is 6.54 Å². The van der Waals surface area contributed by atoms with E-state index in [4.69, 9.17) is 4.74 Å². The van der Waals surface area contributed by atoms with Gasteiger partial charge >= 0.3 is 11.8 Å². The molecule has 1 atom stereocenters. The van der Waals surface area contributed by atoms with Crippen LogP contribution in [-0.4, -0.2) is 44.5 Å². The summed E-state index contributed by atoms with van der Waals surface area (Å²) in [5.41, 5.74) is 2.54. The molecule has 1 unspecified atom stereocenters. The molecule has 25 heavy (non-hydrogen) atoms. The van der Waals surface area contributed by atoms with Gasteiger partial charge in [-0.15, -0.1) is 0 Å². The van der Waals surface area contributed by atoms with Gasteiger partial charge in [0.1, 0.15) is 5.75 Å². The summed E-state index contributed by atoms with van der Waals surface area (Å²) in [6, 6.07) is 7.41. The van der Waals surface area contributed by atoms with E-state index in [2.05, 4.69) is 10.6 Å². The summed E-state index contributed by atoms with van der Waals surface area (Å²) in [6.07, 6.45) is 0. The number of rotatable bonds is 6. The number of aryl methyl sites for hydroxylation is 1. The summed E-state index contributed by atoms with van der Waals surface area (Å²) in [6.45, 7) is 2.25. The Labute approximate surface area is 151 Å². The molecule has 6 nitrogen and oxygen atoms in total. The largest absolute Gasteiger partial charge is 0.495 e. The zero-order valence-electron chi connectivity index (χ0n) is 14.8. The van der Waals surface area contributed by atoms with Crippen molar-refractivity contribution >= 4 is 28.8 Å². The number of hydrogen-bond donors (Lipinski definition) is 2. The average Bonchev–Trinajstić information content (AvgIpc) is 3.09. The van der Waals surface area contributed by atoms with E-state index in [1.165, 1.54) is 7.11 Å². The fourth-order valence-corrected chi connectivity index (χ4v) is 3.14. The summed E-state index contributed by atoms with van der Waals surface area (Å²) in [7, 11) is 5.39. The van der Waals surface area contributed by atoms with E-state index in [-0.39, 0.29) is 6.04 Å². The number of anilines is 1. The van der Waals surface area contributed by atoms with Gasteiger partial charge in [0.15, 0.2) is 0 Å². The minimum Gasteiger partial charge on any atom is -0.495 e. The van der Waals surface area contributed by atoms with Crippen LogP contribution in [-0.2, 0) is 9.59 Å². The highest BCUT2D eigenvalue weighted by atomic mass is 32.1. The molecule has 2 aromatic rings. The van der Waals surface area contributed by atoms with Crippen molar-refractivity contribution in [3.05, 3.63) is 46.2 Å². The van der Waals surface area contributed by atoms with Crippen molar-refractivity contribution in [1.29, 1.82) is 0 Å². The lowest BCUT2D eigenvalue weighted by atomic mass is 10.1. The first kappa shape index (κ1) is 19.0. The molecule has 1 aromatic carbocycles. The molecule has 0 radical (unpaired) electrons. The molecule has 0 fully saturated rings. The molecule has 0 spiro atoms. The van der Waals surface area contributed by atoms with Crippen molar-refractivity contribution in [2.24, 2.45) is 0 Å². The Kier molecular flexibility index (Phi) is 6.55. The summed E-state index contributed by atoms with van der Waals surface area (Å²) >= 11 is 1.60. The summed E-state index contributed by atoms with van der Waals surface area (Å²) in [5, 5.41) is 9.32. The number of carbonyl (C=O) groups excluding carboxylic acids is 2. The number of ether oxygens (including phenoxy) is 1. The lowest BCUT2D eigenvalue weighted by molar-refractivity contribution is -0.136. The zero-order valence-corrected chi connectivity index (χ0v) is 15.6. The number of nitrogens with zero attached hydrogens (tertiary/aromatic N) is 1. The number of likely N-dealkylation sites (N-methyl/N-ethyl adjacent to an activating group) is 1. The third-order valence-corrected chi connectivity index (χ3v) is 4.52. The van der Waals surface area contributed by atoms with E-state index in [1.807, 2.05) is 48.8 Å². The fourth-order valence-electron chi connectivity index (χ4n) is 2.43. The highest BCUT2D eigenvalue weighted by Gasteiger charge is 2.20. The van der Waals surface area contributed by atoms with Crippen LogP contribution in [0.4, 0.5) is 5.69 Å². The van der Waals surface area contributed by atoms with Crippen molar-refractivity contribution in [3.8, 4) is 5.75 Å². The van der Waals surface area contributed by atoms with Crippen molar-refractivity contribution in [1.82, 2.24) is 10.2 Å². The smallest absolute Gasteiger partial charge is 0.313 e. The number of carbonyl (C=O) groups is 2. The average molecular weight is 361 g/mol. The van der Waals surface area contributed by atoms with Gasteiger partial charge in [-0.25, -0.2) is 0 Å². The lowest BCUT2D eigenvalue weighted by Crippen LogP contribution is -2.40. The molecule has 2 N–H and O–H groups in total. The Balaban J connectivity index is 1.98. The van der Waals surface area contributed by atoms with Crippen LogP contribution in [0.25, 0.3) is 0 Å². The number of benzene rings is 1. The molecule has 2 amide bonds. The summed E-state index contributed by atoms with van der Waals surface area (Å²) < 4.78 is 5.21. The van der Waals surface area contributed by atoms with Gasteiger partial charge in [0.2, 0.25) is 0 Å². The molecule has 134 valence electrons. The maximum absolute atomic E-state index is 12.2. The Morgan fingerprint density at radius 1 is 1.24 bits per heavy atom. The minimum atomic E-state index is -0.716. The molecule has 0 aliphatic heterocycles. The molecule has 0 saturated heterocycles. The Hall–Kier alpha value is -2.38. The molecule has 1 aromatic heterocycles. The van der Waals surface area contributed by atoms with Crippen LogP contribution in [0, 0.1) is 6.92 Å². The SMILES string of the molecule is COc1ccc(C)cc1NC(=O)C(=O)NCC(c1ccsc1)N(C)C. The van der Waals surface area contributed by atoms with Gasteiger partial charge in [-0.3, -0.25) is 9.59 Å². The van der Waals surface area contributed by atoms with Crippen LogP contribution in [0.2, 0.25) is 0 Å². The maximum Gasteiger partial charge on any atom is 0.313 e. The van der Waals surface area contributed by atoms with Crippen LogP contribution in [0.1, 0.15) is 17.2 Å². The van der Waals surface area contributed by atoms with Crippen molar-refractivity contribution in [2.45, 2.75) is 13.0 Å². The maximum atomic E-state index is 12.2. The Morgan fingerprint density at radius 2 is 2.00 bits per heavy atom. The molecule has 2 rings (SSSR count). The molecular formula is C18H23N3O3S. The topological polar surface area (TPSA) is 70.7 Å². The van der Waals surface area contributed by atoms with Gasteiger partial charge in [0.25, 0.3) is 0 Å². The zero-order chi connectivity index (χ0) is 18.4. The molecule has 0 saturated carbocycles. The van der Waals surface area contributed by atoms with Gasteiger partial charge in [0.05, 0.1) is 18.8 Å². The Bertz CT molecular complexity index is 729. The van der Waals surface area contributed by atoms with Crippen LogP contribution in [0.3, 0.4) is 0 Å². The molecule has 7 heteroatoms. The van der Waals surface area contributed by atoms with Gasteiger partial charge in [-0.2, -0.15) is 11.3 Å². The van der Waals surface area contributed by atoms with E-state index >= 15 is 0 Å². The predicted octanol–water partition coefficient (Wildman–Crippen LogP) is 2.42. The molecule has 0 bridgehead atoms. The van der Waals surface area contributed by atoms with E-state index in [0.717, 1.165) is 11.1 Å². The van der Waals surface area contributed by atoms with E-state index in [0.29, 0.717) is 18.0 Å². The summed E-state index contributed by atoms with van der Waals surface area (Å²) in [4.78, 5) is 26.3. The standard InChI is InChI=1S/C18H23N3O3S/c1-12-5-6-16(24-4)14(9-12)20-18(23)17(22)19-10-15(21(2)3)13-7-8-25-11-13/h5-9,11,15H,10H2,1-4H3,(H,19,22)(H,20,23). The Morgan fingerprint density at radius 3 is 2.60 bits per heavy atom. The molecule has 1 heterocycles.